The molecule has 0 aliphatic carbocycles. The molecule has 16 heavy (non-hydrogen) atoms. The minimum atomic E-state index is -0.177. The fraction of sp³-hybridized carbons (Fsp3) is 0.200. The normalized spacial score (nSPS) is 12.1. The van der Waals surface area contributed by atoms with E-state index in [0.29, 0.717) is 5.56 Å². The van der Waals surface area contributed by atoms with E-state index in [1.165, 1.54) is 12.4 Å². The zero-order valence-electron chi connectivity index (χ0n) is 8.71. The van der Waals surface area contributed by atoms with Gasteiger partial charge in [-0.15, -0.1) is 0 Å². The number of carbonyl (C=O) groups excluding carboxylic acids is 1. The maximum atomic E-state index is 11.7. The second kappa shape index (κ2) is 4.52. The monoisotopic (exact) mass is 217 g/mol. The zero-order chi connectivity index (χ0) is 11.4. The molecule has 0 fully saturated rings. The highest BCUT2D eigenvalue weighted by atomic mass is 16.1. The molecule has 2 N–H and O–H groups in total. The van der Waals surface area contributed by atoms with Gasteiger partial charge in [0, 0.05) is 11.8 Å². The molecule has 1 unspecified atom stereocenters. The topological polar surface area (TPSA) is 83.6 Å². The van der Waals surface area contributed by atoms with Crippen molar-refractivity contribution in [2.24, 2.45) is 0 Å². The average Bonchev–Trinajstić information content (AvgIpc) is 2.83. The van der Waals surface area contributed by atoms with Crippen molar-refractivity contribution in [2.75, 3.05) is 0 Å². The van der Waals surface area contributed by atoms with Crippen LogP contribution in [0.3, 0.4) is 0 Å². The SMILES string of the molecule is CC(NC(=O)c1ccnnc1)c1cn[nH]c1. The Bertz CT molecular complexity index is 453. The van der Waals surface area contributed by atoms with Gasteiger partial charge in [-0.25, -0.2) is 0 Å². The number of nitrogens with zero attached hydrogens (tertiary/aromatic N) is 3. The van der Waals surface area contributed by atoms with Gasteiger partial charge in [0.15, 0.2) is 0 Å². The minimum absolute atomic E-state index is 0.0978. The van der Waals surface area contributed by atoms with E-state index in [0.717, 1.165) is 5.56 Å². The third-order valence-corrected chi connectivity index (χ3v) is 2.21. The number of hydrogen-bond donors (Lipinski definition) is 2. The molecule has 1 atom stereocenters. The van der Waals surface area contributed by atoms with E-state index in [1.54, 1.807) is 18.5 Å². The Morgan fingerprint density at radius 2 is 2.31 bits per heavy atom. The first-order chi connectivity index (χ1) is 7.77. The van der Waals surface area contributed by atoms with Crippen LogP contribution in [0.15, 0.2) is 30.9 Å². The lowest BCUT2D eigenvalue weighted by Gasteiger charge is -2.11. The predicted octanol–water partition coefficient (Wildman–Crippen LogP) is 0.691. The molecule has 2 aromatic rings. The van der Waals surface area contributed by atoms with Crippen LogP contribution in [0.4, 0.5) is 0 Å². The van der Waals surface area contributed by atoms with Gasteiger partial charge < -0.3 is 5.32 Å². The van der Waals surface area contributed by atoms with Crippen molar-refractivity contribution in [3.8, 4) is 0 Å². The molecule has 6 nitrogen and oxygen atoms in total. The molecule has 0 saturated carbocycles. The van der Waals surface area contributed by atoms with Crippen LogP contribution in [-0.2, 0) is 0 Å². The van der Waals surface area contributed by atoms with Gasteiger partial charge in [0.1, 0.15) is 0 Å². The molecule has 0 spiro atoms. The number of aromatic nitrogens is 4. The fourth-order valence-electron chi connectivity index (χ4n) is 1.29. The molecule has 0 saturated heterocycles. The van der Waals surface area contributed by atoms with Crippen LogP contribution in [0.5, 0.6) is 0 Å². The molecule has 0 aliphatic heterocycles. The standard InChI is InChI=1S/C10H11N5O/c1-7(9-5-13-14-6-9)15-10(16)8-2-3-11-12-4-8/h2-7H,1H3,(H,13,14)(H,15,16). The fourth-order valence-corrected chi connectivity index (χ4v) is 1.29. The van der Waals surface area contributed by atoms with E-state index >= 15 is 0 Å². The van der Waals surface area contributed by atoms with Crippen LogP contribution in [0, 0.1) is 0 Å². The van der Waals surface area contributed by atoms with Crippen molar-refractivity contribution >= 4 is 5.91 Å². The van der Waals surface area contributed by atoms with Gasteiger partial charge in [-0.2, -0.15) is 15.3 Å². The molecule has 0 aromatic carbocycles. The molecule has 0 bridgehead atoms. The molecule has 2 heterocycles. The van der Waals surface area contributed by atoms with Crippen molar-refractivity contribution < 1.29 is 4.79 Å². The number of nitrogens with one attached hydrogen (secondary N) is 2. The van der Waals surface area contributed by atoms with Crippen LogP contribution in [0.1, 0.15) is 28.9 Å². The first-order valence-corrected chi connectivity index (χ1v) is 4.83. The number of aromatic amines is 1. The lowest BCUT2D eigenvalue weighted by atomic mass is 10.2. The molecule has 0 radical (unpaired) electrons. The van der Waals surface area contributed by atoms with E-state index in [2.05, 4.69) is 25.7 Å². The second-order valence-electron chi connectivity index (χ2n) is 3.36. The Labute approximate surface area is 92.1 Å². The molecular formula is C10H11N5O. The molecule has 1 amide bonds. The largest absolute Gasteiger partial charge is 0.345 e. The van der Waals surface area contributed by atoms with Crippen molar-refractivity contribution in [1.29, 1.82) is 0 Å². The lowest BCUT2D eigenvalue weighted by Crippen LogP contribution is -2.26. The summed E-state index contributed by atoms with van der Waals surface area (Å²) in [5, 5.41) is 16.6. The van der Waals surface area contributed by atoms with Gasteiger partial charge in [0.25, 0.3) is 5.91 Å². The highest BCUT2D eigenvalue weighted by molar-refractivity contribution is 5.93. The molecule has 0 aliphatic rings. The van der Waals surface area contributed by atoms with Crippen LogP contribution < -0.4 is 5.32 Å². The summed E-state index contributed by atoms with van der Waals surface area (Å²) in [6.07, 6.45) is 6.33. The number of rotatable bonds is 3. The third-order valence-electron chi connectivity index (χ3n) is 2.21. The predicted molar refractivity (Wildman–Crippen MR) is 56.5 cm³/mol. The summed E-state index contributed by atoms with van der Waals surface area (Å²) in [6, 6.07) is 1.52. The lowest BCUT2D eigenvalue weighted by molar-refractivity contribution is 0.0939. The van der Waals surface area contributed by atoms with E-state index in [-0.39, 0.29) is 11.9 Å². The van der Waals surface area contributed by atoms with Crippen LogP contribution in [-0.4, -0.2) is 26.3 Å². The summed E-state index contributed by atoms with van der Waals surface area (Å²) >= 11 is 0. The van der Waals surface area contributed by atoms with Gasteiger partial charge >= 0.3 is 0 Å². The van der Waals surface area contributed by atoms with Crippen LogP contribution in [0.25, 0.3) is 0 Å². The number of hydrogen-bond acceptors (Lipinski definition) is 4. The van der Waals surface area contributed by atoms with Crippen LogP contribution >= 0.6 is 0 Å². The van der Waals surface area contributed by atoms with Gasteiger partial charge in [-0.3, -0.25) is 9.89 Å². The van der Waals surface area contributed by atoms with E-state index in [1.807, 2.05) is 6.92 Å². The molecule has 2 aromatic heterocycles. The van der Waals surface area contributed by atoms with Gasteiger partial charge in [0.2, 0.25) is 0 Å². The quantitative estimate of drug-likeness (QED) is 0.792. The van der Waals surface area contributed by atoms with Crippen molar-refractivity contribution in [2.45, 2.75) is 13.0 Å². The van der Waals surface area contributed by atoms with Crippen molar-refractivity contribution in [1.82, 2.24) is 25.7 Å². The summed E-state index contributed by atoms with van der Waals surface area (Å²) in [5.41, 5.74) is 1.42. The van der Waals surface area contributed by atoms with E-state index in [4.69, 9.17) is 0 Å². The first-order valence-electron chi connectivity index (χ1n) is 4.83. The number of amides is 1. The molecular weight excluding hydrogens is 206 g/mol. The molecule has 6 heteroatoms. The van der Waals surface area contributed by atoms with Gasteiger partial charge in [-0.05, 0) is 13.0 Å². The Balaban J connectivity index is 2.03. The van der Waals surface area contributed by atoms with Gasteiger partial charge in [-0.1, -0.05) is 0 Å². The summed E-state index contributed by atoms with van der Waals surface area (Å²) < 4.78 is 0. The average molecular weight is 217 g/mol. The van der Waals surface area contributed by atoms with Crippen molar-refractivity contribution in [3.63, 3.8) is 0 Å². The Morgan fingerprint density at radius 1 is 1.44 bits per heavy atom. The maximum Gasteiger partial charge on any atom is 0.253 e. The summed E-state index contributed by atoms with van der Waals surface area (Å²) in [6.45, 7) is 1.89. The maximum absolute atomic E-state index is 11.7. The molecule has 82 valence electrons. The molecule has 2 rings (SSSR count). The van der Waals surface area contributed by atoms with E-state index < -0.39 is 0 Å². The minimum Gasteiger partial charge on any atom is -0.345 e. The second-order valence-corrected chi connectivity index (χ2v) is 3.36. The Hall–Kier alpha value is -2.24. The highest BCUT2D eigenvalue weighted by Crippen LogP contribution is 2.09. The smallest absolute Gasteiger partial charge is 0.253 e. The van der Waals surface area contributed by atoms with Crippen LogP contribution in [0.2, 0.25) is 0 Å². The summed E-state index contributed by atoms with van der Waals surface area (Å²) in [5.74, 6) is -0.177. The highest BCUT2D eigenvalue weighted by Gasteiger charge is 2.11. The van der Waals surface area contributed by atoms with Gasteiger partial charge in [0.05, 0.1) is 30.2 Å². The zero-order valence-corrected chi connectivity index (χ0v) is 8.71. The summed E-state index contributed by atoms with van der Waals surface area (Å²) in [4.78, 5) is 11.7. The first kappa shape index (κ1) is 10.3. The summed E-state index contributed by atoms with van der Waals surface area (Å²) in [7, 11) is 0. The van der Waals surface area contributed by atoms with E-state index in [9.17, 15) is 4.79 Å². The van der Waals surface area contributed by atoms with Crippen molar-refractivity contribution in [3.05, 3.63) is 42.0 Å². The Morgan fingerprint density at radius 3 is 2.94 bits per heavy atom. The number of H-pyrrole nitrogens is 1. The third kappa shape index (κ3) is 2.22. The number of carbonyl (C=O) groups is 1. The Kier molecular flexibility index (Phi) is 2.90.